The lowest BCUT2D eigenvalue weighted by Crippen LogP contribution is -2.44. The van der Waals surface area contributed by atoms with E-state index in [4.69, 9.17) is 0 Å². The smallest absolute Gasteiger partial charge is 0.145 e. The summed E-state index contributed by atoms with van der Waals surface area (Å²) in [6.07, 6.45) is 5.59. The van der Waals surface area contributed by atoms with Crippen molar-refractivity contribution in [1.29, 1.82) is 0 Å². The van der Waals surface area contributed by atoms with Gasteiger partial charge >= 0.3 is 0 Å². The van der Waals surface area contributed by atoms with Crippen molar-refractivity contribution < 1.29 is 0 Å². The Bertz CT molecular complexity index is 867. The third-order valence-electron chi connectivity index (χ3n) is 4.76. The van der Waals surface area contributed by atoms with Crippen molar-refractivity contribution in [3.8, 4) is 0 Å². The van der Waals surface area contributed by atoms with Gasteiger partial charge in [-0.3, -0.25) is 4.98 Å². The van der Waals surface area contributed by atoms with Gasteiger partial charge in [0.2, 0.25) is 0 Å². The van der Waals surface area contributed by atoms with Gasteiger partial charge in [-0.05, 0) is 66.1 Å². The van der Waals surface area contributed by atoms with Crippen molar-refractivity contribution in [2.45, 2.75) is 25.3 Å². The topological polar surface area (TPSA) is 41.0 Å². The predicted molar refractivity (Wildman–Crippen MR) is 112 cm³/mol. The second-order valence-electron chi connectivity index (χ2n) is 6.42. The van der Waals surface area contributed by atoms with E-state index in [1.165, 1.54) is 28.5 Å². The highest BCUT2D eigenvalue weighted by molar-refractivity contribution is 14.1. The number of hydrogen-bond acceptors (Lipinski definition) is 4. The number of rotatable bonds is 4. The van der Waals surface area contributed by atoms with Gasteiger partial charge in [0.05, 0.1) is 22.9 Å². The molecule has 128 valence electrons. The Labute approximate surface area is 161 Å². The molecule has 1 aromatic heterocycles. The first-order chi connectivity index (χ1) is 12.3. The van der Waals surface area contributed by atoms with E-state index in [2.05, 4.69) is 67.0 Å². The van der Waals surface area contributed by atoms with Gasteiger partial charge in [0, 0.05) is 22.7 Å². The number of anilines is 2. The number of piperidine rings is 1. The Morgan fingerprint density at radius 1 is 1.04 bits per heavy atom. The van der Waals surface area contributed by atoms with Crippen molar-refractivity contribution in [3.63, 3.8) is 0 Å². The molecule has 2 heterocycles. The fourth-order valence-electron chi connectivity index (χ4n) is 3.48. The molecule has 0 bridgehead atoms. The quantitative estimate of drug-likeness (QED) is 0.593. The van der Waals surface area contributed by atoms with E-state index in [0.29, 0.717) is 6.04 Å². The number of nitrogens with one attached hydrogen (secondary N) is 1. The Morgan fingerprint density at radius 3 is 2.72 bits per heavy atom. The highest BCUT2D eigenvalue weighted by atomic mass is 127. The van der Waals surface area contributed by atoms with Crippen LogP contribution in [0.2, 0.25) is 0 Å². The monoisotopic (exact) mass is 444 g/mol. The minimum absolute atomic E-state index is 0.484. The van der Waals surface area contributed by atoms with E-state index in [-0.39, 0.29) is 0 Å². The van der Waals surface area contributed by atoms with Crippen molar-refractivity contribution >= 4 is 45.1 Å². The summed E-state index contributed by atoms with van der Waals surface area (Å²) < 4.78 is 1.32. The molecule has 5 heteroatoms. The van der Waals surface area contributed by atoms with Gasteiger partial charge in [0.1, 0.15) is 5.82 Å². The van der Waals surface area contributed by atoms with Crippen LogP contribution in [0.25, 0.3) is 11.0 Å². The second kappa shape index (κ2) is 7.56. The first-order valence-corrected chi connectivity index (χ1v) is 9.86. The molecule has 0 radical (unpaired) electrons. The molecule has 0 amide bonds. The number of halogens is 1. The molecule has 1 fully saturated rings. The molecular weight excluding hydrogens is 423 g/mol. The molecule has 1 saturated heterocycles. The average Bonchev–Trinajstić information content (AvgIpc) is 2.67. The summed E-state index contributed by atoms with van der Waals surface area (Å²) in [5.41, 5.74) is 3.22. The molecule has 1 N–H and O–H groups in total. The van der Waals surface area contributed by atoms with Crippen LogP contribution in [0.4, 0.5) is 11.5 Å². The van der Waals surface area contributed by atoms with Crippen molar-refractivity contribution in [1.82, 2.24) is 9.97 Å². The molecule has 4 nitrogen and oxygen atoms in total. The van der Waals surface area contributed by atoms with E-state index in [1.54, 1.807) is 0 Å². The molecule has 0 spiro atoms. The maximum absolute atomic E-state index is 4.68. The van der Waals surface area contributed by atoms with Crippen LogP contribution in [0.15, 0.2) is 54.7 Å². The minimum Gasteiger partial charge on any atom is -0.367 e. The lowest BCUT2D eigenvalue weighted by molar-refractivity contribution is 0.472. The fourth-order valence-corrected chi connectivity index (χ4v) is 4.18. The summed E-state index contributed by atoms with van der Waals surface area (Å²) in [6, 6.07) is 17.1. The third kappa shape index (κ3) is 3.71. The second-order valence-corrected chi connectivity index (χ2v) is 7.58. The number of benzene rings is 2. The van der Waals surface area contributed by atoms with E-state index in [9.17, 15) is 0 Å². The van der Waals surface area contributed by atoms with E-state index >= 15 is 0 Å². The van der Waals surface area contributed by atoms with Crippen LogP contribution in [0.3, 0.4) is 0 Å². The lowest BCUT2D eigenvalue weighted by atomic mass is 10.0. The Morgan fingerprint density at radius 2 is 1.84 bits per heavy atom. The van der Waals surface area contributed by atoms with E-state index < -0.39 is 0 Å². The minimum atomic E-state index is 0.484. The number of nitrogens with zero attached hydrogens (tertiary/aromatic N) is 3. The third-order valence-corrected chi connectivity index (χ3v) is 5.67. The highest BCUT2D eigenvalue weighted by Gasteiger charge is 2.23. The van der Waals surface area contributed by atoms with Crippen LogP contribution in [0.5, 0.6) is 0 Å². The number of aromatic nitrogens is 2. The Hall–Kier alpha value is -1.89. The van der Waals surface area contributed by atoms with Gasteiger partial charge < -0.3 is 10.2 Å². The number of fused-ring (bicyclic) bond motifs is 1. The molecule has 1 aliphatic heterocycles. The standard InChI is InChI=1S/C20H21IN4/c21-16-8-1-4-11-19(16)25-12-6-5-7-15(25)13-23-20-14-22-17-9-2-3-10-18(17)24-20/h1-4,8-11,14-15H,5-7,12-13H2,(H,23,24). The Kier molecular flexibility index (Phi) is 5.01. The largest absolute Gasteiger partial charge is 0.367 e. The van der Waals surface area contributed by atoms with Crippen LogP contribution in [0.1, 0.15) is 19.3 Å². The summed E-state index contributed by atoms with van der Waals surface area (Å²) in [6.45, 7) is 2.01. The number of para-hydroxylation sites is 3. The molecule has 0 saturated carbocycles. The van der Waals surface area contributed by atoms with Gasteiger partial charge in [-0.1, -0.05) is 24.3 Å². The predicted octanol–water partition coefficient (Wildman–Crippen LogP) is 4.71. The molecule has 2 aromatic carbocycles. The van der Waals surface area contributed by atoms with Gasteiger partial charge in [-0.15, -0.1) is 0 Å². The van der Waals surface area contributed by atoms with Crippen molar-refractivity contribution in [2.75, 3.05) is 23.3 Å². The molecule has 4 rings (SSSR count). The molecule has 1 unspecified atom stereocenters. The van der Waals surface area contributed by atoms with Crippen LogP contribution >= 0.6 is 22.6 Å². The number of hydrogen-bond donors (Lipinski definition) is 1. The SMILES string of the molecule is Ic1ccccc1N1CCCCC1CNc1cnc2ccccc2n1. The summed E-state index contributed by atoms with van der Waals surface area (Å²) in [7, 11) is 0. The maximum atomic E-state index is 4.68. The van der Waals surface area contributed by atoms with Crippen molar-refractivity contribution in [2.24, 2.45) is 0 Å². The zero-order chi connectivity index (χ0) is 17.1. The normalized spacial score (nSPS) is 17.6. The molecule has 1 aliphatic rings. The Balaban J connectivity index is 1.50. The summed E-state index contributed by atoms with van der Waals surface area (Å²) in [5, 5.41) is 3.51. The maximum Gasteiger partial charge on any atom is 0.145 e. The summed E-state index contributed by atoms with van der Waals surface area (Å²) >= 11 is 2.44. The van der Waals surface area contributed by atoms with E-state index in [1.807, 2.05) is 30.5 Å². The molecule has 3 aromatic rings. The molecule has 1 atom stereocenters. The first-order valence-electron chi connectivity index (χ1n) is 8.78. The fraction of sp³-hybridized carbons (Fsp3) is 0.300. The lowest BCUT2D eigenvalue weighted by Gasteiger charge is -2.38. The van der Waals surface area contributed by atoms with Gasteiger partial charge in [0.15, 0.2) is 0 Å². The van der Waals surface area contributed by atoms with Crippen LogP contribution in [0, 0.1) is 3.57 Å². The zero-order valence-corrected chi connectivity index (χ0v) is 16.2. The average molecular weight is 444 g/mol. The van der Waals surface area contributed by atoms with Crippen LogP contribution in [-0.4, -0.2) is 29.1 Å². The molecular formula is C20H21IN4. The highest BCUT2D eigenvalue weighted by Crippen LogP contribution is 2.29. The van der Waals surface area contributed by atoms with Crippen molar-refractivity contribution in [3.05, 3.63) is 58.3 Å². The van der Waals surface area contributed by atoms with Crippen LogP contribution in [-0.2, 0) is 0 Å². The summed E-state index contributed by atoms with van der Waals surface area (Å²) in [5.74, 6) is 0.854. The van der Waals surface area contributed by atoms with Crippen LogP contribution < -0.4 is 10.2 Å². The molecule has 0 aliphatic carbocycles. The van der Waals surface area contributed by atoms with E-state index in [0.717, 1.165) is 29.9 Å². The van der Waals surface area contributed by atoms with Gasteiger partial charge in [-0.2, -0.15) is 0 Å². The van der Waals surface area contributed by atoms with Gasteiger partial charge in [-0.25, -0.2) is 4.98 Å². The summed E-state index contributed by atoms with van der Waals surface area (Å²) in [4.78, 5) is 11.7. The first kappa shape index (κ1) is 16.6. The zero-order valence-electron chi connectivity index (χ0n) is 14.0. The van der Waals surface area contributed by atoms with Gasteiger partial charge in [0.25, 0.3) is 0 Å². The molecule has 25 heavy (non-hydrogen) atoms.